The van der Waals surface area contributed by atoms with E-state index >= 15 is 0 Å². The van der Waals surface area contributed by atoms with Crippen molar-refractivity contribution in [2.45, 2.75) is 13.2 Å². The summed E-state index contributed by atoms with van der Waals surface area (Å²) in [5.41, 5.74) is 1.75. The third kappa shape index (κ3) is 2.62. The Morgan fingerprint density at radius 3 is 2.78 bits per heavy atom. The number of ether oxygens (including phenoxy) is 2. The second kappa shape index (κ2) is 5.55. The number of aliphatic hydroxyl groups excluding tert-OH is 1. The molecule has 0 saturated heterocycles. The van der Waals surface area contributed by atoms with Gasteiger partial charge in [0, 0.05) is 7.05 Å². The van der Waals surface area contributed by atoms with Crippen LogP contribution in [0.2, 0.25) is 0 Å². The van der Waals surface area contributed by atoms with E-state index in [-0.39, 0.29) is 6.61 Å². The van der Waals surface area contributed by atoms with Gasteiger partial charge in [0.1, 0.15) is 6.61 Å². The van der Waals surface area contributed by atoms with Crippen LogP contribution in [0.3, 0.4) is 0 Å². The second-order valence-corrected chi connectivity index (χ2v) is 3.93. The molecule has 0 amide bonds. The number of imidazole rings is 1. The molecule has 0 aliphatic carbocycles. The van der Waals surface area contributed by atoms with Crippen molar-refractivity contribution in [2.24, 2.45) is 7.05 Å². The summed E-state index contributed by atoms with van der Waals surface area (Å²) in [5.74, 6) is 1.26. The zero-order valence-corrected chi connectivity index (χ0v) is 10.5. The molecule has 0 spiro atoms. The smallest absolute Gasteiger partial charge is 0.162 e. The molecule has 0 fully saturated rings. The molecule has 5 heteroatoms. The summed E-state index contributed by atoms with van der Waals surface area (Å²) in [6.07, 6.45) is 3.47. The molecule has 0 unspecified atom stereocenters. The fourth-order valence-electron chi connectivity index (χ4n) is 1.61. The minimum atomic E-state index is -0.0218. The van der Waals surface area contributed by atoms with Crippen LogP contribution in [-0.4, -0.2) is 21.8 Å². The number of aryl methyl sites for hydroxylation is 1. The highest BCUT2D eigenvalue weighted by Crippen LogP contribution is 2.28. The summed E-state index contributed by atoms with van der Waals surface area (Å²) < 4.78 is 12.8. The van der Waals surface area contributed by atoms with E-state index in [0.717, 1.165) is 11.3 Å². The molecule has 0 atom stereocenters. The molecular formula is C13H16N2O3. The van der Waals surface area contributed by atoms with Gasteiger partial charge in [-0.3, -0.25) is 0 Å². The highest BCUT2D eigenvalue weighted by molar-refractivity contribution is 5.42. The summed E-state index contributed by atoms with van der Waals surface area (Å²) in [6.45, 7) is 0.383. The van der Waals surface area contributed by atoms with E-state index < -0.39 is 0 Å². The predicted octanol–water partition coefficient (Wildman–Crippen LogP) is 1.50. The van der Waals surface area contributed by atoms with Crippen LogP contribution in [0.4, 0.5) is 0 Å². The zero-order chi connectivity index (χ0) is 13.0. The molecule has 0 radical (unpaired) electrons. The average molecular weight is 248 g/mol. The Labute approximate surface area is 106 Å². The third-order valence-electron chi connectivity index (χ3n) is 2.70. The Balaban J connectivity index is 2.14. The third-order valence-corrected chi connectivity index (χ3v) is 2.70. The lowest BCUT2D eigenvalue weighted by Crippen LogP contribution is -2.02. The van der Waals surface area contributed by atoms with Crippen LogP contribution >= 0.6 is 0 Å². The lowest BCUT2D eigenvalue weighted by atomic mass is 10.2. The molecule has 2 aromatic rings. The number of benzene rings is 1. The van der Waals surface area contributed by atoms with Crippen molar-refractivity contribution in [1.82, 2.24) is 9.55 Å². The van der Waals surface area contributed by atoms with Crippen LogP contribution < -0.4 is 9.47 Å². The van der Waals surface area contributed by atoms with Crippen molar-refractivity contribution in [3.8, 4) is 11.5 Å². The molecule has 96 valence electrons. The van der Waals surface area contributed by atoms with Crippen LogP contribution in [0.15, 0.2) is 30.7 Å². The summed E-state index contributed by atoms with van der Waals surface area (Å²) in [6, 6.07) is 5.36. The first-order valence-corrected chi connectivity index (χ1v) is 5.60. The molecule has 18 heavy (non-hydrogen) atoms. The number of nitrogens with zero attached hydrogens (tertiary/aromatic N) is 2. The van der Waals surface area contributed by atoms with Crippen LogP contribution in [0, 0.1) is 0 Å². The fraction of sp³-hybridized carbons (Fsp3) is 0.308. The summed E-state index contributed by atoms with van der Waals surface area (Å²) in [4.78, 5) is 4.02. The standard InChI is InChI=1S/C13H16N2O3/c1-15-9-14-6-11(15)8-18-13-5-10(7-16)3-4-12(13)17-2/h3-6,9,16H,7-8H2,1-2H3. The number of aromatic nitrogens is 2. The quantitative estimate of drug-likeness (QED) is 0.871. The van der Waals surface area contributed by atoms with Gasteiger partial charge in [0.15, 0.2) is 11.5 Å². The number of methoxy groups -OCH3 is 1. The molecule has 5 nitrogen and oxygen atoms in total. The van der Waals surface area contributed by atoms with Crippen molar-refractivity contribution >= 4 is 0 Å². The van der Waals surface area contributed by atoms with E-state index in [9.17, 15) is 0 Å². The fourth-order valence-corrected chi connectivity index (χ4v) is 1.61. The molecule has 0 saturated carbocycles. The van der Waals surface area contributed by atoms with Crippen molar-refractivity contribution in [3.63, 3.8) is 0 Å². The van der Waals surface area contributed by atoms with Gasteiger partial charge in [-0.05, 0) is 17.7 Å². The summed E-state index contributed by atoms with van der Waals surface area (Å²) >= 11 is 0. The molecule has 0 aliphatic rings. The lowest BCUT2D eigenvalue weighted by Gasteiger charge is -2.11. The maximum Gasteiger partial charge on any atom is 0.162 e. The maximum absolute atomic E-state index is 9.11. The molecule has 1 aromatic carbocycles. The number of hydrogen-bond acceptors (Lipinski definition) is 4. The van der Waals surface area contributed by atoms with Gasteiger partial charge in [0.05, 0.1) is 31.9 Å². The van der Waals surface area contributed by atoms with Crippen molar-refractivity contribution < 1.29 is 14.6 Å². The predicted molar refractivity (Wildman–Crippen MR) is 66.5 cm³/mol. The second-order valence-electron chi connectivity index (χ2n) is 3.93. The number of aliphatic hydroxyl groups is 1. The molecule has 0 aliphatic heterocycles. The average Bonchev–Trinajstić information content (AvgIpc) is 2.81. The highest BCUT2D eigenvalue weighted by atomic mass is 16.5. The van der Waals surface area contributed by atoms with Gasteiger partial charge in [0.2, 0.25) is 0 Å². The molecule has 1 heterocycles. The van der Waals surface area contributed by atoms with E-state index in [4.69, 9.17) is 14.6 Å². The first-order valence-electron chi connectivity index (χ1n) is 5.60. The topological polar surface area (TPSA) is 56.5 Å². The Hall–Kier alpha value is -2.01. The summed E-state index contributed by atoms with van der Waals surface area (Å²) in [7, 11) is 3.50. The Kier molecular flexibility index (Phi) is 3.84. The molecular weight excluding hydrogens is 232 g/mol. The van der Waals surface area contributed by atoms with Crippen molar-refractivity contribution in [3.05, 3.63) is 42.0 Å². The summed E-state index contributed by atoms with van der Waals surface area (Å²) in [5, 5.41) is 9.11. The van der Waals surface area contributed by atoms with Crippen molar-refractivity contribution in [2.75, 3.05) is 7.11 Å². The number of hydrogen-bond donors (Lipinski definition) is 1. The first kappa shape index (κ1) is 12.4. The maximum atomic E-state index is 9.11. The monoisotopic (exact) mass is 248 g/mol. The van der Waals surface area contributed by atoms with Gasteiger partial charge in [0.25, 0.3) is 0 Å². The molecule has 2 rings (SSSR count). The van der Waals surface area contributed by atoms with E-state index in [0.29, 0.717) is 18.1 Å². The van der Waals surface area contributed by atoms with Crippen LogP contribution in [0.5, 0.6) is 11.5 Å². The van der Waals surface area contributed by atoms with Crippen LogP contribution in [0.1, 0.15) is 11.3 Å². The van der Waals surface area contributed by atoms with Gasteiger partial charge in [-0.1, -0.05) is 6.07 Å². The number of rotatable bonds is 5. The van der Waals surface area contributed by atoms with Gasteiger partial charge in [-0.2, -0.15) is 0 Å². The minimum Gasteiger partial charge on any atom is -0.493 e. The van der Waals surface area contributed by atoms with E-state index in [1.165, 1.54) is 0 Å². The van der Waals surface area contributed by atoms with Gasteiger partial charge < -0.3 is 19.1 Å². The Bertz CT molecular complexity index is 523. The van der Waals surface area contributed by atoms with Gasteiger partial charge in [-0.25, -0.2) is 4.98 Å². The normalized spacial score (nSPS) is 10.4. The SMILES string of the molecule is COc1ccc(CO)cc1OCc1cncn1C. The zero-order valence-electron chi connectivity index (χ0n) is 10.5. The van der Waals surface area contributed by atoms with E-state index in [1.54, 1.807) is 37.8 Å². The van der Waals surface area contributed by atoms with Gasteiger partial charge >= 0.3 is 0 Å². The van der Waals surface area contributed by atoms with Crippen molar-refractivity contribution in [1.29, 1.82) is 0 Å². The lowest BCUT2D eigenvalue weighted by molar-refractivity contribution is 0.268. The molecule has 1 N–H and O–H groups in total. The Morgan fingerprint density at radius 2 is 2.17 bits per heavy atom. The highest BCUT2D eigenvalue weighted by Gasteiger charge is 2.07. The van der Waals surface area contributed by atoms with E-state index in [2.05, 4.69) is 4.98 Å². The van der Waals surface area contributed by atoms with E-state index in [1.807, 2.05) is 11.6 Å². The van der Waals surface area contributed by atoms with Crippen LogP contribution in [-0.2, 0) is 20.3 Å². The van der Waals surface area contributed by atoms with Crippen LogP contribution in [0.25, 0.3) is 0 Å². The minimum absolute atomic E-state index is 0.0218. The first-order chi connectivity index (χ1) is 8.74. The molecule has 0 bridgehead atoms. The Morgan fingerprint density at radius 1 is 1.33 bits per heavy atom. The van der Waals surface area contributed by atoms with Gasteiger partial charge in [-0.15, -0.1) is 0 Å². The largest absolute Gasteiger partial charge is 0.493 e. The molecule has 1 aromatic heterocycles.